The van der Waals surface area contributed by atoms with Gasteiger partial charge < -0.3 is 14.2 Å². The zero-order chi connectivity index (χ0) is 20.5. The lowest BCUT2D eigenvalue weighted by molar-refractivity contribution is 0.101. The van der Waals surface area contributed by atoms with Crippen LogP contribution >= 0.6 is 0 Å². The smallest absolute Gasteiger partial charge is 0.231 e. The molecule has 0 N–H and O–H groups in total. The average Bonchev–Trinajstić information content (AvgIpc) is 3.08. The molecule has 0 radical (unpaired) electrons. The van der Waals surface area contributed by atoms with Crippen LogP contribution < -0.4 is 14.2 Å². The molecule has 0 atom stereocenters. The second-order valence-electron chi connectivity index (χ2n) is 7.06. The van der Waals surface area contributed by atoms with Gasteiger partial charge in [0.05, 0.1) is 5.56 Å². The van der Waals surface area contributed by atoms with Crippen molar-refractivity contribution in [2.75, 3.05) is 6.61 Å². The van der Waals surface area contributed by atoms with E-state index in [-0.39, 0.29) is 17.4 Å². The van der Waals surface area contributed by atoms with Gasteiger partial charge in [0, 0.05) is 11.6 Å². The number of hydrogen-bond donors (Lipinski definition) is 0. The van der Waals surface area contributed by atoms with Gasteiger partial charge >= 0.3 is 0 Å². The highest BCUT2D eigenvalue weighted by atomic mass is 19.1. The molecule has 0 unspecified atom stereocenters. The molecule has 0 amide bonds. The van der Waals surface area contributed by atoms with E-state index >= 15 is 0 Å². The summed E-state index contributed by atoms with van der Waals surface area (Å²) in [7, 11) is 0. The summed E-state index contributed by atoms with van der Waals surface area (Å²) in [5.41, 5.74) is 3.17. The predicted octanol–water partition coefficient (Wildman–Crippen LogP) is 5.34. The third-order valence-corrected chi connectivity index (χ3v) is 4.93. The first-order chi connectivity index (χ1) is 14.7. The van der Waals surface area contributed by atoms with Crippen LogP contribution in [0.15, 0.2) is 84.1 Å². The Hall–Kier alpha value is -3.86. The normalized spacial score (nSPS) is 15.7. The molecule has 0 aliphatic carbocycles. The molecule has 0 spiro atoms. The topological polar surface area (TPSA) is 44.8 Å². The Bertz CT molecular complexity index is 1190. The number of benzene rings is 3. The minimum absolute atomic E-state index is 0.171. The zero-order valence-electron chi connectivity index (χ0n) is 15.9. The van der Waals surface area contributed by atoms with Crippen molar-refractivity contribution in [3.05, 3.63) is 107 Å². The zero-order valence-corrected chi connectivity index (χ0v) is 15.9. The average molecular weight is 400 g/mol. The summed E-state index contributed by atoms with van der Waals surface area (Å²) in [5.74, 6) is 1.65. The maximum atomic E-state index is 13.0. The van der Waals surface area contributed by atoms with E-state index in [0.29, 0.717) is 30.3 Å². The number of carbonyl (C=O) groups is 1. The minimum Gasteiger partial charge on any atom is -0.489 e. The van der Waals surface area contributed by atoms with Crippen molar-refractivity contribution >= 4 is 11.9 Å². The van der Waals surface area contributed by atoms with Gasteiger partial charge in [-0.05, 0) is 53.6 Å². The fraction of sp³-hybridized carbons (Fsp3) is 0.0800. The SMILES string of the molecule is O=C1/C(=C/C2=Cc3ccccc3OC2)Oc2cc(OCc3ccc(F)cc3)ccc21. The first kappa shape index (κ1) is 18.2. The number of ether oxygens (including phenoxy) is 3. The van der Waals surface area contributed by atoms with Crippen LogP contribution in [0.5, 0.6) is 17.2 Å². The number of allylic oxidation sites excluding steroid dienone is 1. The molecular formula is C25H17FO4. The fourth-order valence-electron chi connectivity index (χ4n) is 3.39. The highest BCUT2D eigenvalue weighted by Crippen LogP contribution is 2.35. The van der Waals surface area contributed by atoms with Gasteiger partial charge in [0.2, 0.25) is 5.78 Å². The summed E-state index contributed by atoms with van der Waals surface area (Å²) in [6.07, 6.45) is 3.71. The highest BCUT2D eigenvalue weighted by molar-refractivity contribution is 6.12. The molecule has 0 saturated carbocycles. The summed E-state index contributed by atoms with van der Waals surface area (Å²) in [4.78, 5) is 12.7. The van der Waals surface area contributed by atoms with E-state index in [1.165, 1.54) is 12.1 Å². The van der Waals surface area contributed by atoms with Gasteiger partial charge in [0.15, 0.2) is 5.76 Å². The summed E-state index contributed by atoms with van der Waals surface area (Å²) in [6.45, 7) is 0.666. The lowest BCUT2D eigenvalue weighted by Crippen LogP contribution is -2.08. The number of rotatable bonds is 4. The van der Waals surface area contributed by atoms with Crippen molar-refractivity contribution in [2.45, 2.75) is 6.61 Å². The van der Waals surface area contributed by atoms with E-state index < -0.39 is 0 Å². The Kier molecular flexibility index (Phi) is 4.56. The molecule has 5 heteroatoms. The number of fused-ring (bicyclic) bond motifs is 2. The monoisotopic (exact) mass is 400 g/mol. The first-order valence-corrected chi connectivity index (χ1v) is 9.54. The molecule has 2 heterocycles. The van der Waals surface area contributed by atoms with Gasteiger partial charge in [-0.15, -0.1) is 0 Å². The Morgan fingerprint density at radius 1 is 1.00 bits per heavy atom. The van der Waals surface area contributed by atoms with Crippen LogP contribution in [0, 0.1) is 5.82 Å². The van der Waals surface area contributed by atoms with Crippen LogP contribution in [-0.4, -0.2) is 12.4 Å². The van der Waals surface area contributed by atoms with Crippen LogP contribution in [0.4, 0.5) is 4.39 Å². The van der Waals surface area contributed by atoms with Crippen LogP contribution in [-0.2, 0) is 6.61 Å². The Balaban J connectivity index is 1.33. The maximum absolute atomic E-state index is 13.0. The number of halogens is 1. The van der Waals surface area contributed by atoms with Crippen LogP contribution in [0.25, 0.3) is 6.08 Å². The number of ketones is 1. The fourth-order valence-corrected chi connectivity index (χ4v) is 3.39. The molecule has 30 heavy (non-hydrogen) atoms. The van der Waals surface area contributed by atoms with Crippen molar-refractivity contribution in [3.8, 4) is 17.2 Å². The number of carbonyl (C=O) groups excluding carboxylic acids is 1. The Labute approximate surface area is 172 Å². The van der Waals surface area contributed by atoms with E-state index in [0.717, 1.165) is 22.4 Å². The van der Waals surface area contributed by atoms with E-state index in [2.05, 4.69) is 0 Å². The van der Waals surface area contributed by atoms with E-state index in [1.54, 1.807) is 36.4 Å². The molecule has 0 bridgehead atoms. The largest absolute Gasteiger partial charge is 0.489 e. The molecule has 0 aromatic heterocycles. The highest BCUT2D eigenvalue weighted by Gasteiger charge is 2.28. The third kappa shape index (κ3) is 3.57. The first-order valence-electron chi connectivity index (χ1n) is 9.54. The van der Waals surface area contributed by atoms with Gasteiger partial charge in [-0.2, -0.15) is 0 Å². The van der Waals surface area contributed by atoms with Gasteiger partial charge in [-0.1, -0.05) is 30.3 Å². The molecule has 5 rings (SSSR count). The van der Waals surface area contributed by atoms with E-state index in [1.807, 2.05) is 30.3 Å². The lowest BCUT2D eigenvalue weighted by Gasteiger charge is -2.15. The quantitative estimate of drug-likeness (QED) is 0.555. The van der Waals surface area contributed by atoms with Crippen molar-refractivity contribution in [1.82, 2.24) is 0 Å². The molecule has 0 fully saturated rings. The van der Waals surface area contributed by atoms with Gasteiger partial charge in [-0.3, -0.25) is 4.79 Å². The summed E-state index contributed by atoms with van der Waals surface area (Å²) in [5, 5.41) is 0. The summed E-state index contributed by atoms with van der Waals surface area (Å²) >= 11 is 0. The summed E-state index contributed by atoms with van der Waals surface area (Å²) < 4.78 is 30.3. The molecular weight excluding hydrogens is 383 g/mol. The molecule has 3 aromatic carbocycles. The number of para-hydroxylation sites is 1. The number of Topliss-reactive ketones (excluding diaryl/α,β-unsaturated/α-hetero) is 1. The van der Waals surface area contributed by atoms with Crippen molar-refractivity contribution in [3.63, 3.8) is 0 Å². The second kappa shape index (κ2) is 7.52. The standard InChI is InChI=1S/C25H17FO4/c26-19-7-5-16(6-8-19)14-28-20-9-10-21-23(13-20)30-24(25(21)27)12-17-11-18-3-1-2-4-22(18)29-15-17/h1-13H,14-15H2/b24-12-. The van der Waals surface area contributed by atoms with E-state index in [9.17, 15) is 9.18 Å². The molecule has 4 nitrogen and oxygen atoms in total. The van der Waals surface area contributed by atoms with Crippen LogP contribution in [0.3, 0.4) is 0 Å². The number of hydrogen-bond acceptors (Lipinski definition) is 4. The minimum atomic E-state index is -0.288. The Morgan fingerprint density at radius 3 is 2.70 bits per heavy atom. The predicted molar refractivity (Wildman–Crippen MR) is 110 cm³/mol. The maximum Gasteiger partial charge on any atom is 0.231 e. The van der Waals surface area contributed by atoms with Crippen molar-refractivity contribution in [2.24, 2.45) is 0 Å². The van der Waals surface area contributed by atoms with Crippen LogP contribution in [0.2, 0.25) is 0 Å². The van der Waals surface area contributed by atoms with Crippen molar-refractivity contribution < 1.29 is 23.4 Å². The van der Waals surface area contributed by atoms with E-state index in [4.69, 9.17) is 14.2 Å². The second-order valence-corrected chi connectivity index (χ2v) is 7.06. The van der Waals surface area contributed by atoms with Gasteiger partial charge in [-0.25, -0.2) is 4.39 Å². The van der Waals surface area contributed by atoms with Crippen molar-refractivity contribution in [1.29, 1.82) is 0 Å². The molecule has 2 aliphatic rings. The third-order valence-electron chi connectivity index (χ3n) is 4.93. The van der Waals surface area contributed by atoms with Crippen LogP contribution in [0.1, 0.15) is 21.5 Å². The molecule has 148 valence electrons. The lowest BCUT2D eigenvalue weighted by atomic mass is 10.1. The summed E-state index contributed by atoms with van der Waals surface area (Å²) in [6, 6.07) is 19.0. The Morgan fingerprint density at radius 2 is 1.83 bits per heavy atom. The van der Waals surface area contributed by atoms with Gasteiger partial charge in [0.1, 0.15) is 36.3 Å². The van der Waals surface area contributed by atoms with Gasteiger partial charge in [0.25, 0.3) is 0 Å². The molecule has 2 aliphatic heterocycles. The molecule has 0 saturated heterocycles. The molecule has 3 aromatic rings.